The SMILES string of the molecule is CN1CCN(S(=O)(=O)N2CCCNCC2)CC1=O. The van der Waals surface area contributed by atoms with Gasteiger partial charge in [-0.25, -0.2) is 0 Å². The second-order valence-corrected chi connectivity index (χ2v) is 6.59. The van der Waals surface area contributed by atoms with Crippen LogP contribution in [0.4, 0.5) is 0 Å². The number of piperazine rings is 1. The Kier molecular flexibility index (Phi) is 4.21. The number of nitrogens with one attached hydrogen (secondary N) is 1. The Morgan fingerprint density at radius 2 is 1.83 bits per heavy atom. The van der Waals surface area contributed by atoms with Gasteiger partial charge in [0.15, 0.2) is 0 Å². The maximum absolute atomic E-state index is 12.4. The van der Waals surface area contributed by atoms with Crippen molar-refractivity contribution < 1.29 is 13.2 Å². The molecule has 0 saturated carbocycles. The van der Waals surface area contributed by atoms with Crippen LogP contribution in [0.25, 0.3) is 0 Å². The topological polar surface area (TPSA) is 73.0 Å². The second kappa shape index (κ2) is 5.52. The highest BCUT2D eigenvalue weighted by Crippen LogP contribution is 2.13. The molecule has 2 aliphatic heterocycles. The molecule has 0 radical (unpaired) electrons. The van der Waals surface area contributed by atoms with Crippen molar-refractivity contribution in [2.24, 2.45) is 0 Å². The molecule has 1 amide bonds. The Morgan fingerprint density at radius 1 is 1.06 bits per heavy atom. The number of likely N-dealkylation sites (N-methyl/N-ethyl adjacent to an activating group) is 1. The summed E-state index contributed by atoms with van der Waals surface area (Å²) >= 11 is 0. The maximum Gasteiger partial charge on any atom is 0.282 e. The van der Waals surface area contributed by atoms with Crippen LogP contribution in [0.5, 0.6) is 0 Å². The zero-order valence-electron chi connectivity index (χ0n) is 10.6. The van der Waals surface area contributed by atoms with Gasteiger partial charge in [0.1, 0.15) is 0 Å². The van der Waals surface area contributed by atoms with E-state index in [9.17, 15) is 13.2 Å². The first kappa shape index (κ1) is 13.7. The smallest absolute Gasteiger partial charge is 0.282 e. The van der Waals surface area contributed by atoms with Crippen molar-refractivity contribution in [3.63, 3.8) is 0 Å². The highest BCUT2D eigenvalue weighted by Gasteiger charge is 2.34. The molecule has 2 heterocycles. The molecule has 0 atom stereocenters. The summed E-state index contributed by atoms with van der Waals surface area (Å²) in [6, 6.07) is 0. The van der Waals surface area contributed by atoms with Crippen molar-refractivity contribution in [2.75, 3.05) is 52.9 Å². The highest BCUT2D eigenvalue weighted by atomic mass is 32.2. The summed E-state index contributed by atoms with van der Waals surface area (Å²) < 4.78 is 27.6. The summed E-state index contributed by atoms with van der Waals surface area (Å²) in [5.41, 5.74) is 0. The van der Waals surface area contributed by atoms with Gasteiger partial charge >= 0.3 is 0 Å². The number of rotatable bonds is 2. The minimum Gasteiger partial charge on any atom is -0.343 e. The fourth-order valence-corrected chi connectivity index (χ4v) is 3.74. The van der Waals surface area contributed by atoms with E-state index in [0.717, 1.165) is 13.0 Å². The third kappa shape index (κ3) is 2.82. The molecule has 104 valence electrons. The lowest BCUT2D eigenvalue weighted by Crippen LogP contribution is -2.54. The Bertz CT molecular complexity index is 403. The summed E-state index contributed by atoms with van der Waals surface area (Å²) in [6.07, 6.45) is 0.806. The average molecular weight is 276 g/mol. The predicted octanol–water partition coefficient (Wildman–Crippen LogP) is -1.70. The van der Waals surface area contributed by atoms with Crippen molar-refractivity contribution in [2.45, 2.75) is 6.42 Å². The van der Waals surface area contributed by atoms with Crippen LogP contribution in [0, 0.1) is 0 Å². The highest BCUT2D eigenvalue weighted by molar-refractivity contribution is 7.86. The molecule has 2 saturated heterocycles. The molecule has 8 heteroatoms. The minimum atomic E-state index is -3.49. The molecule has 7 nitrogen and oxygen atoms in total. The van der Waals surface area contributed by atoms with E-state index in [1.54, 1.807) is 11.9 Å². The van der Waals surface area contributed by atoms with Crippen molar-refractivity contribution in [3.8, 4) is 0 Å². The molecule has 0 spiro atoms. The van der Waals surface area contributed by atoms with Gasteiger partial charge in [-0.15, -0.1) is 0 Å². The van der Waals surface area contributed by atoms with Crippen LogP contribution in [0.1, 0.15) is 6.42 Å². The Hall–Kier alpha value is -0.700. The van der Waals surface area contributed by atoms with Gasteiger partial charge < -0.3 is 10.2 Å². The second-order valence-electron chi connectivity index (χ2n) is 4.66. The molecule has 0 bridgehead atoms. The molecule has 0 aliphatic carbocycles. The predicted molar refractivity (Wildman–Crippen MR) is 67.2 cm³/mol. The van der Waals surface area contributed by atoms with Gasteiger partial charge in [-0.1, -0.05) is 0 Å². The molecule has 0 unspecified atom stereocenters. The van der Waals surface area contributed by atoms with E-state index in [-0.39, 0.29) is 12.5 Å². The van der Waals surface area contributed by atoms with Crippen LogP contribution >= 0.6 is 0 Å². The van der Waals surface area contributed by atoms with Gasteiger partial charge in [0, 0.05) is 39.8 Å². The number of carbonyl (C=O) groups excluding carboxylic acids is 1. The molecule has 1 N–H and O–H groups in total. The van der Waals surface area contributed by atoms with Gasteiger partial charge in [0.2, 0.25) is 5.91 Å². The van der Waals surface area contributed by atoms with E-state index >= 15 is 0 Å². The molecule has 0 aromatic heterocycles. The average Bonchev–Trinajstić information content (AvgIpc) is 2.61. The third-order valence-corrected chi connectivity index (χ3v) is 5.36. The van der Waals surface area contributed by atoms with E-state index in [2.05, 4.69) is 5.32 Å². The molecule has 0 aromatic carbocycles. The molecule has 0 aromatic rings. The quantitative estimate of drug-likeness (QED) is 0.652. The zero-order valence-corrected chi connectivity index (χ0v) is 11.4. The monoisotopic (exact) mass is 276 g/mol. The van der Waals surface area contributed by atoms with E-state index in [4.69, 9.17) is 0 Å². The first-order valence-electron chi connectivity index (χ1n) is 6.22. The molecule has 18 heavy (non-hydrogen) atoms. The minimum absolute atomic E-state index is 0.0389. The van der Waals surface area contributed by atoms with Crippen LogP contribution in [0.3, 0.4) is 0 Å². The van der Waals surface area contributed by atoms with E-state index in [0.29, 0.717) is 32.7 Å². The van der Waals surface area contributed by atoms with Crippen molar-refractivity contribution in [1.29, 1.82) is 0 Å². The van der Waals surface area contributed by atoms with Gasteiger partial charge in [-0.05, 0) is 13.0 Å². The van der Waals surface area contributed by atoms with E-state index in [1.807, 2.05) is 0 Å². The first-order valence-corrected chi connectivity index (χ1v) is 7.61. The molecular weight excluding hydrogens is 256 g/mol. The standard InChI is InChI=1S/C10H20N4O3S/c1-12-7-8-14(9-10(12)15)18(16,17)13-5-2-3-11-4-6-13/h11H,2-9H2,1H3. The van der Waals surface area contributed by atoms with Crippen LogP contribution < -0.4 is 5.32 Å². The Balaban J connectivity index is 2.07. The largest absolute Gasteiger partial charge is 0.343 e. The number of nitrogens with zero attached hydrogens (tertiary/aromatic N) is 3. The summed E-state index contributed by atoms with van der Waals surface area (Å²) in [4.78, 5) is 13.2. The van der Waals surface area contributed by atoms with Crippen LogP contribution in [0.2, 0.25) is 0 Å². The first-order chi connectivity index (χ1) is 8.51. The van der Waals surface area contributed by atoms with Crippen LogP contribution in [0.15, 0.2) is 0 Å². The van der Waals surface area contributed by atoms with E-state index < -0.39 is 10.2 Å². The van der Waals surface area contributed by atoms with Crippen LogP contribution in [-0.2, 0) is 15.0 Å². The zero-order chi connectivity index (χ0) is 13.2. The van der Waals surface area contributed by atoms with E-state index in [1.165, 1.54) is 8.61 Å². The summed E-state index contributed by atoms with van der Waals surface area (Å²) in [5, 5.41) is 3.17. The summed E-state index contributed by atoms with van der Waals surface area (Å²) in [7, 11) is -1.79. The molecule has 2 aliphatic rings. The number of hydrogen-bond donors (Lipinski definition) is 1. The lowest BCUT2D eigenvalue weighted by atomic mass is 10.4. The normalized spacial score (nSPS) is 25.2. The van der Waals surface area contributed by atoms with Gasteiger partial charge in [0.25, 0.3) is 10.2 Å². The van der Waals surface area contributed by atoms with Crippen molar-refractivity contribution in [3.05, 3.63) is 0 Å². The lowest BCUT2D eigenvalue weighted by Gasteiger charge is -2.34. The fraction of sp³-hybridized carbons (Fsp3) is 0.900. The fourth-order valence-electron chi connectivity index (χ4n) is 2.15. The lowest BCUT2D eigenvalue weighted by molar-refractivity contribution is -0.132. The molecule has 2 rings (SSSR count). The summed E-state index contributed by atoms with van der Waals surface area (Å²) in [6.45, 7) is 3.31. The number of hydrogen-bond acceptors (Lipinski definition) is 4. The van der Waals surface area contributed by atoms with Gasteiger partial charge in [-0.3, -0.25) is 4.79 Å². The Morgan fingerprint density at radius 3 is 2.56 bits per heavy atom. The molecular formula is C10H20N4O3S. The maximum atomic E-state index is 12.4. The third-order valence-electron chi connectivity index (χ3n) is 3.37. The van der Waals surface area contributed by atoms with Crippen LogP contribution in [-0.4, -0.2) is 80.7 Å². The van der Waals surface area contributed by atoms with Crippen molar-refractivity contribution in [1.82, 2.24) is 18.8 Å². The van der Waals surface area contributed by atoms with Crippen molar-refractivity contribution >= 4 is 16.1 Å². The van der Waals surface area contributed by atoms with Gasteiger partial charge in [0.05, 0.1) is 6.54 Å². The van der Waals surface area contributed by atoms with Gasteiger partial charge in [-0.2, -0.15) is 17.0 Å². The number of carbonyl (C=O) groups is 1. The summed E-state index contributed by atoms with van der Waals surface area (Å²) in [5.74, 6) is -0.141. The molecule has 2 fully saturated rings. The number of amides is 1. The Labute approximate surface area is 108 Å².